The maximum Gasteiger partial charge on any atom is 0.290 e. The van der Waals surface area contributed by atoms with Gasteiger partial charge in [-0.2, -0.15) is 0 Å². The highest BCUT2D eigenvalue weighted by atomic mass is 16.2. The molecule has 1 unspecified atom stereocenters. The molecule has 3 N–H and O–H groups in total. The van der Waals surface area contributed by atoms with Gasteiger partial charge in [-0.25, -0.2) is 4.98 Å². The van der Waals surface area contributed by atoms with Crippen LogP contribution in [0.5, 0.6) is 0 Å². The van der Waals surface area contributed by atoms with E-state index in [2.05, 4.69) is 20.3 Å². The number of para-hydroxylation sites is 3. The number of fused-ring (bicyclic) bond motifs is 2. The van der Waals surface area contributed by atoms with Gasteiger partial charge in [0.05, 0.1) is 11.0 Å². The quantitative estimate of drug-likeness (QED) is 0.397. The third-order valence-electron chi connectivity index (χ3n) is 6.95. The zero-order valence-corrected chi connectivity index (χ0v) is 21.5. The van der Waals surface area contributed by atoms with Crippen LogP contribution >= 0.6 is 0 Å². The minimum atomic E-state index is -0.726. The molecule has 3 heterocycles. The van der Waals surface area contributed by atoms with Gasteiger partial charge in [-0.1, -0.05) is 51.1 Å². The molecule has 9 nitrogen and oxygen atoms in total. The fraction of sp³-hybridized carbons (Fsp3) is 0.357. The molecule has 0 saturated carbocycles. The van der Waals surface area contributed by atoms with Crippen molar-refractivity contribution in [1.29, 1.82) is 0 Å². The Morgan fingerprint density at radius 3 is 2.38 bits per heavy atom. The molecule has 1 saturated heterocycles. The number of amides is 3. The van der Waals surface area contributed by atoms with Crippen LogP contribution in [0.1, 0.15) is 48.8 Å². The second-order valence-corrected chi connectivity index (χ2v) is 10.8. The van der Waals surface area contributed by atoms with E-state index in [0.29, 0.717) is 31.2 Å². The number of aromatic amines is 2. The first-order valence-electron chi connectivity index (χ1n) is 12.5. The first-order valence-corrected chi connectivity index (χ1v) is 12.5. The van der Waals surface area contributed by atoms with Crippen LogP contribution in [0.3, 0.4) is 0 Å². The molecular formula is C28H32N6O3. The summed E-state index contributed by atoms with van der Waals surface area (Å²) in [7, 11) is 0. The molecule has 1 fully saturated rings. The highest BCUT2D eigenvalue weighted by Gasteiger charge is 2.39. The van der Waals surface area contributed by atoms with Gasteiger partial charge in [0.15, 0.2) is 5.82 Å². The number of aromatic nitrogens is 3. The molecule has 0 radical (unpaired) electrons. The van der Waals surface area contributed by atoms with Crippen molar-refractivity contribution in [2.75, 3.05) is 19.6 Å². The fourth-order valence-corrected chi connectivity index (χ4v) is 4.89. The number of carbonyl (C=O) groups excluding carboxylic acids is 3. The van der Waals surface area contributed by atoms with Crippen LogP contribution in [0.4, 0.5) is 0 Å². The Morgan fingerprint density at radius 2 is 1.70 bits per heavy atom. The Kier molecular flexibility index (Phi) is 6.23. The van der Waals surface area contributed by atoms with Crippen LogP contribution in [-0.2, 0) is 4.79 Å². The lowest BCUT2D eigenvalue weighted by Crippen LogP contribution is -2.61. The summed E-state index contributed by atoms with van der Waals surface area (Å²) in [6, 6.07) is 16.0. The van der Waals surface area contributed by atoms with Gasteiger partial charge in [0, 0.05) is 36.6 Å². The van der Waals surface area contributed by atoms with Crippen molar-refractivity contribution < 1.29 is 14.4 Å². The van der Waals surface area contributed by atoms with Crippen LogP contribution in [0.2, 0.25) is 0 Å². The summed E-state index contributed by atoms with van der Waals surface area (Å²) in [6.07, 6.45) is 0. The topological polar surface area (TPSA) is 114 Å². The van der Waals surface area contributed by atoms with Gasteiger partial charge in [0.25, 0.3) is 11.8 Å². The maximum absolute atomic E-state index is 13.7. The van der Waals surface area contributed by atoms with Crippen molar-refractivity contribution in [3.05, 3.63) is 66.1 Å². The Bertz CT molecular complexity index is 1410. The van der Waals surface area contributed by atoms with Crippen LogP contribution in [-0.4, -0.2) is 74.2 Å². The standard InChI is InChI=1S/C28H32N6O3/c1-17-16-33(13-14-34(17)27(37)24-30-20-11-7-8-12-21(20)31-24)26(36)23(28(2,3)4)32-25(35)22-15-18-9-5-6-10-19(18)29-22/h5-12,15,17,23,29H,13-14,16H2,1-4H3,(H,30,31)(H,32,35)/t17?,23-/m1/s1. The minimum absolute atomic E-state index is 0.153. The van der Waals surface area contributed by atoms with Crippen LogP contribution in [0.25, 0.3) is 21.9 Å². The van der Waals surface area contributed by atoms with Crippen molar-refractivity contribution >= 4 is 39.7 Å². The number of benzene rings is 2. The number of piperazine rings is 1. The van der Waals surface area contributed by atoms with Crippen LogP contribution in [0, 0.1) is 5.41 Å². The van der Waals surface area contributed by atoms with E-state index in [1.807, 2.05) is 76.2 Å². The number of hydrogen-bond acceptors (Lipinski definition) is 4. The molecule has 2 aromatic carbocycles. The van der Waals surface area contributed by atoms with E-state index in [-0.39, 0.29) is 23.8 Å². The third kappa shape index (κ3) is 4.81. The maximum atomic E-state index is 13.7. The normalized spacial score (nSPS) is 17.2. The number of carbonyl (C=O) groups is 3. The Hall–Kier alpha value is -4.14. The second kappa shape index (κ2) is 9.38. The number of nitrogens with zero attached hydrogens (tertiary/aromatic N) is 3. The lowest BCUT2D eigenvalue weighted by molar-refractivity contribution is -0.138. The minimum Gasteiger partial charge on any atom is -0.351 e. The molecule has 37 heavy (non-hydrogen) atoms. The van der Waals surface area contributed by atoms with E-state index >= 15 is 0 Å². The highest BCUT2D eigenvalue weighted by Crippen LogP contribution is 2.24. The first kappa shape index (κ1) is 24.5. The molecule has 1 aliphatic rings. The average molecular weight is 501 g/mol. The molecule has 3 amide bonds. The van der Waals surface area contributed by atoms with Gasteiger partial charge in [0.2, 0.25) is 5.91 Å². The predicted octanol–water partition coefficient (Wildman–Crippen LogP) is 3.56. The molecular weight excluding hydrogens is 468 g/mol. The lowest BCUT2D eigenvalue weighted by Gasteiger charge is -2.42. The van der Waals surface area contributed by atoms with E-state index in [0.717, 1.165) is 21.9 Å². The van der Waals surface area contributed by atoms with Gasteiger partial charge in [-0.3, -0.25) is 14.4 Å². The molecule has 2 aromatic heterocycles. The number of rotatable bonds is 4. The molecule has 2 atom stereocenters. The van der Waals surface area contributed by atoms with E-state index in [1.165, 1.54) is 0 Å². The van der Waals surface area contributed by atoms with Crippen molar-refractivity contribution in [3.63, 3.8) is 0 Å². The monoisotopic (exact) mass is 500 g/mol. The molecule has 5 rings (SSSR count). The summed E-state index contributed by atoms with van der Waals surface area (Å²) in [5.41, 5.74) is 2.32. The number of H-pyrrole nitrogens is 2. The zero-order chi connectivity index (χ0) is 26.3. The molecule has 0 aliphatic carbocycles. The summed E-state index contributed by atoms with van der Waals surface area (Å²) in [6.45, 7) is 8.87. The molecule has 0 bridgehead atoms. The predicted molar refractivity (Wildman–Crippen MR) is 142 cm³/mol. The second-order valence-electron chi connectivity index (χ2n) is 10.8. The number of nitrogens with one attached hydrogen (secondary N) is 3. The molecule has 192 valence electrons. The Balaban J connectivity index is 1.28. The van der Waals surface area contributed by atoms with Gasteiger partial charge in [-0.05, 0) is 36.6 Å². The summed E-state index contributed by atoms with van der Waals surface area (Å²) >= 11 is 0. The summed E-state index contributed by atoms with van der Waals surface area (Å²) in [5, 5.41) is 3.90. The van der Waals surface area contributed by atoms with E-state index in [4.69, 9.17) is 0 Å². The first-order chi connectivity index (χ1) is 17.6. The molecule has 4 aromatic rings. The average Bonchev–Trinajstić information content (AvgIpc) is 3.50. The largest absolute Gasteiger partial charge is 0.351 e. The summed E-state index contributed by atoms with van der Waals surface area (Å²) < 4.78 is 0. The van der Waals surface area contributed by atoms with E-state index < -0.39 is 11.5 Å². The van der Waals surface area contributed by atoms with E-state index in [1.54, 1.807) is 15.9 Å². The van der Waals surface area contributed by atoms with E-state index in [9.17, 15) is 14.4 Å². The van der Waals surface area contributed by atoms with Crippen LogP contribution in [0.15, 0.2) is 54.6 Å². The van der Waals surface area contributed by atoms with Gasteiger partial charge >= 0.3 is 0 Å². The fourth-order valence-electron chi connectivity index (χ4n) is 4.89. The van der Waals surface area contributed by atoms with Gasteiger partial charge in [0.1, 0.15) is 11.7 Å². The van der Waals surface area contributed by atoms with Gasteiger partial charge < -0.3 is 25.1 Å². The van der Waals surface area contributed by atoms with Crippen LogP contribution < -0.4 is 5.32 Å². The molecule has 0 spiro atoms. The van der Waals surface area contributed by atoms with Crippen molar-refractivity contribution in [2.45, 2.75) is 39.8 Å². The summed E-state index contributed by atoms with van der Waals surface area (Å²) in [4.78, 5) is 54.1. The van der Waals surface area contributed by atoms with Gasteiger partial charge in [-0.15, -0.1) is 0 Å². The summed E-state index contributed by atoms with van der Waals surface area (Å²) in [5.74, 6) is -0.364. The number of imidazole rings is 1. The Labute approximate surface area is 215 Å². The Morgan fingerprint density at radius 1 is 1.00 bits per heavy atom. The van der Waals surface area contributed by atoms with Crippen molar-refractivity contribution in [2.24, 2.45) is 5.41 Å². The molecule has 9 heteroatoms. The lowest BCUT2D eigenvalue weighted by atomic mass is 9.85. The highest BCUT2D eigenvalue weighted by molar-refractivity contribution is 6.00. The number of hydrogen-bond donors (Lipinski definition) is 3. The molecule has 1 aliphatic heterocycles. The van der Waals surface area contributed by atoms with Crippen molar-refractivity contribution in [3.8, 4) is 0 Å². The zero-order valence-electron chi connectivity index (χ0n) is 21.5. The third-order valence-corrected chi connectivity index (χ3v) is 6.95. The van der Waals surface area contributed by atoms with Crippen molar-refractivity contribution in [1.82, 2.24) is 30.1 Å². The SMILES string of the molecule is CC1CN(C(=O)[C@@H](NC(=O)c2cc3ccccc3[nH]2)C(C)(C)C)CCN1C(=O)c1nc2ccccc2[nH]1. The smallest absolute Gasteiger partial charge is 0.290 e.